The minimum Gasteiger partial charge on any atom is -0.395 e. The number of rotatable bonds is 6. The van der Waals surface area contributed by atoms with E-state index in [0.29, 0.717) is 12.6 Å². The van der Waals surface area contributed by atoms with Gasteiger partial charge in [0, 0.05) is 32.4 Å². The Balaban J connectivity index is 2.68. The molecule has 0 saturated carbocycles. The molecule has 16 heavy (non-hydrogen) atoms. The van der Waals surface area contributed by atoms with E-state index >= 15 is 0 Å². The molecule has 4 heteroatoms. The van der Waals surface area contributed by atoms with Crippen molar-refractivity contribution in [2.75, 3.05) is 25.5 Å². The normalized spacial score (nSPS) is 11.1. The zero-order chi connectivity index (χ0) is 12.0. The van der Waals surface area contributed by atoms with Crippen molar-refractivity contribution in [3.05, 3.63) is 23.9 Å². The summed E-state index contributed by atoms with van der Waals surface area (Å²) in [6, 6.07) is 4.47. The number of aliphatic hydroxyl groups is 1. The van der Waals surface area contributed by atoms with Gasteiger partial charge in [0.1, 0.15) is 5.82 Å². The van der Waals surface area contributed by atoms with Crippen molar-refractivity contribution >= 4 is 5.82 Å². The highest BCUT2D eigenvalue weighted by Gasteiger charge is 2.09. The number of hydrogen-bond acceptors (Lipinski definition) is 4. The average molecular weight is 223 g/mol. The first kappa shape index (κ1) is 12.9. The van der Waals surface area contributed by atoms with E-state index in [1.54, 1.807) is 6.20 Å². The molecule has 0 aliphatic rings. The maximum atomic E-state index is 9.00. The van der Waals surface area contributed by atoms with Crippen molar-refractivity contribution in [3.63, 3.8) is 0 Å². The summed E-state index contributed by atoms with van der Waals surface area (Å²) in [5.41, 5.74) is 1.21. The number of nitrogens with one attached hydrogen (secondary N) is 1. The molecule has 1 rings (SSSR count). The molecular formula is C12H21N3O. The van der Waals surface area contributed by atoms with E-state index in [1.807, 2.05) is 19.2 Å². The van der Waals surface area contributed by atoms with Crippen LogP contribution in [0.5, 0.6) is 0 Å². The number of aromatic nitrogens is 1. The highest BCUT2D eigenvalue weighted by atomic mass is 16.3. The van der Waals surface area contributed by atoms with Crippen molar-refractivity contribution in [2.45, 2.75) is 26.4 Å². The van der Waals surface area contributed by atoms with Gasteiger partial charge in [-0.3, -0.25) is 4.90 Å². The van der Waals surface area contributed by atoms with E-state index in [2.05, 4.69) is 29.0 Å². The van der Waals surface area contributed by atoms with Crippen LogP contribution in [0.2, 0.25) is 0 Å². The Hall–Kier alpha value is -1.13. The van der Waals surface area contributed by atoms with Gasteiger partial charge in [0.25, 0.3) is 0 Å². The third-order valence-corrected chi connectivity index (χ3v) is 2.58. The largest absolute Gasteiger partial charge is 0.395 e. The third kappa shape index (κ3) is 3.79. The first-order valence-corrected chi connectivity index (χ1v) is 5.65. The number of anilines is 1. The van der Waals surface area contributed by atoms with E-state index in [-0.39, 0.29) is 6.61 Å². The summed E-state index contributed by atoms with van der Waals surface area (Å²) in [4.78, 5) is 6.41. The average Bonchev–Trinajstić information content (AvgIpc) is 2.28. The monoisotopic (exact) mass is 223 g/mol. The molecular weight excluding hydrogens is 202 g/mol. The van der Waals surface area contributed by atoms with Crippen LogP contribution in [-0.4, -0.2) is 41.2 Å². The van der Waals surface area contributed by atoms with Crippen molar-refractivity contribution in [3.8, 4) is 0 Å². The summed E-state index contributed by atoms with van der Waals surface area (Å²) in [5.74, 6) is 0.880. The highest BCUT2D eigenvalue weighted by molar-refractivity contribution is 5.36. The molecule has 1 aromatic heterocycles. The lowest BCUT2D eigenvalue weighted by atomic mass is 10.2. The fraction of sp³-hybridized carbons (Fsp3) is 0.583. The standard InChI is InChI=1S/C12H21N3O/c1-10(2)15(6-7-16)9-11-4-5-14-12(8-11)13-3/h4-5,8,10,16H,6-7,9H2,1-3H3,(H,13,14). The summed E-state index contributed by atoms with van der Waals surface area (Å²) in [6.07, 6.45) is 1.80. The van der Waals surface area contributed by atoms with Gasteiger partial charge < -0.3 is 10.4 Å². The number of hydrogen-bond donors (Lipinski definition) is 2. The predicted octanol–water partition coefficient (Wildman–Crippen LogP) is 1.33. The Labute approximate surface area is 97.3 Å². The molecule has 0 saturated heterocycles. The van der Waals surface area contributed by atoms with E-state index < -0.39 is 0 Å². The van der Waals surface area contributed by atoms with Gasteiger partial charge in [-0.15, -0.1) is 0 Å². The molecule has 0 bridgehead atoms. The van der Waals surface area contributed by atoms with Crippen molar-refractivity contribution < 1.29 is 5.11 Å². The second-order valence-corrected chi connectivity index (χ2v) is 4.09. The van der Waals surface area contributed by atoms with Crippen LogP contribution in [0.3, 0.4) is 0 Å². The molecule has 0 radical (unpaired) electrons. The third-order valence-electron chi connectivity index (χ3n) is 2.58. The molecule has 4 nitrogen and oxygen atoms in total. The summed E-state index contributed by atoms with van der Waals surface area (Å²) in [6.45, 7) is 6.01. The first-order valence-electron chi connectivity index (χ1n) is 5.65. The van der Waals surface area contributed by atoms with Gasteiger partial charge >= 0.3 is 0 Å². The lowest BCUT2D eigenvalue weighted by Gasteiger charge is -2.25. The SMILES string of the molecule is CNc1cc(CN(CCO)C(C)C)ccn1. The molecule has 1 heterocycles. The Kier molecular flexibility index (Phi) is 5.22. The zero-order valence-electron chi connectivity index (χ0n) is 10.3. The fourth-order valence-corrected chi connectivity index (χ4v) is 1.59. The molecule has 0 spiro atoms. The summed E-state index contributed by atoms with van der Waals surface area (Å²) in [5, 5.41) is 12.0. The maximum Gasteiger partial charge on any atom is 0.125 e. The van der Waals surface area contributed by atoms with Crippen molar-refractivity contribution in [1.82, 2.24) is 9.88 Å². The molecule has 0 aliphatic heterocycles. The number of nitrogens with zero attached hydrogens (tertiary/aromatic N) is 2. The van der Waals surface area contributed by atoms with Gasteiger partial charge in [0.2, 0.25) is 0 Å². The summed E-state index contributed by atoms with van der Waals surface area (Å²) >= 11 is 0. The van der Waals surface area contributed by atoms with E-state index in [1.165, 1.54) is 5.56 Å². The molecule has 0 amide bonds. The Morgan fingerprint density at radius 1 is 1.50 bits per heavy atom. The van der Waals surface area contributed by atoms with Crippen molar-refractivity contribution in [1.29, 1.82) is 0 Å². The Morgan fingerprint density at radius 2 is 2.25 bits per heavy atom. The Bertz CT molecular complexity index is 315. The van der Waals surface area contributed by atoms with Gasteiger partial charge in [0.05, 0.1) is 6.61 Å². The fourth-order valence-electron chi connectivity index (χ4n) is 1.59. The van der Waals surface area contributed by atoms with Crippen LogP contribution >= 0.6 is 0 Å². The molecule has 0 unspecified atom stereocenters. The zero-order valence-corrected chi connectivity index (χ0v) is 10.3. The molecule has 0 aliphatic carbocycles. The predicted molar refractivity (Wildman–Crippen MR) is 66.4 cm³/mol. The number of aliphatic hydroxyl groups excluding tert-OH is 1. The van der Waals surface area contributed by atoms with Crippen LogP contribution in [0.25, 0.3) is 0 Å². The quantitative estimate of drug-likeness (QED) is 0.764. The van der Waals surface area contributed by atoms with Crippen LogP contribution in [0.15, 0.2) is 18.3 Å². The summed E-state index contributed by atoms with van der Waals surface area (Å²) < 4.78 is 0. The van der Waals surface area contributed by atoms with Crippen LogP contribution in [0.1, 0.15) is 19.4 Å². The van der Waals surface area contributed by atoms with Crippen LogP contribution in [0, 0.1) is 0 Å². The van der Waals surface area contributed by atoms with Gasteiger partial charge in [-0.1, -0.05) is 0 Å². The molecule has 2 N–H and O–H groups in total. The van der Waals surface area contributed by atoms with E-state index in [0.717, 1.165) is 12.4 Å². The minimum absolute atomic E-state index is 0.197. The second-order valence-electron chi connectivity index (χ2n) is 4.09. The first-order chi connectivity index (χ1) is 7.67. The number of pyridine rings is 1. The van der Waals surface area contributed by atoms with Crippen LogP contribution in [0.4, 0.5) is 5.82 Å². The topological polar surface area (TPSA) is 48.4 Å². The van der Waals surface area contributed by atoms with Crippen molar-refractivity contribution in [2.24, 2.45) is 0 Å². The molecule has 0 fully saturated rings. The van der Waals surface area contributed by atoms with Crippen LogP contribution < -0.4 is 5.32 Å². The van der Waals surface area contributed by atoms with E-state index in [9.17, 15) is 0 Å². The molecule has 0 atom stereocenters. The van der Waals surface area contributed by atoms with Gasteiger partial charge in [-0.25, -0.2) is 4.98 Å². The maximum absolute atomic E-state index is 9.00. The molecule has 0 aromatic carbocycles. The van der Waals surface area contributed by atoms with Gasteiger partial charge in [0.15, 0.2) is 0 Å². The molecule has 1 aromatic rings. The highest BCUT2D eigenvalue weighted by Crippen LogP contribution is 2.10. The lowest BCUT2D eigenvalue weighted by Crippen LogP contribution is -2.32. The lowest BCUT2D eigenvalue weighted by molar-refractivity contribution is 0.159. The Morgan fingerprint density at radius 3 is 2.81 bits per heavy atom. The van der Waals surface area contributed by atoms with Gasteiger partial charge in [-0.05, 0) is 31.5 Å². The minimum atomic E-state index is 0.197. The van der Waals surface area contributed by atoms with Crippen LogP contribution in [-0.2, 0) is 6.54 Å². The van der Waals surface area contributed by atoms with E-state index in [4.69, 9.17) is 5.11 Å². The summed E-state index contributed by atoms with van der Waals surface area (Å²) in [7, 11) is 1.86. The smallest absolute Gasteiger partial charge is 0.125 e. The van der Waals surface area contributed by atoms with Gasteiger partial charge in [-0.2, -0.15) is 0 Å². The molecule has 90 valence electrons. The second kappa shape index (κ2) is 6.45.